The molecule has 0 aliphatic heterocycles. The van der Waals surface area contributed by atoms with Crippen molar-refractivity contribution in [2.75, 3.05) is 20.6 Å². The zero-order chi connectivity index (χ0) is 8.97. The van der Waals surface area contributed by atoms with Crippen LogP contribution >= 0.6 is 0 Å². The van der Waals surface area contributed by atoms with E-state index in [9.17, 15) is 5.11 Å². The molecule has 0 spiro atoms. The normalized spacial score (nSPS) is 13.3. The SMILES string of the molecule is CN(C)C[C@H](O)c1ccccc1. The maximum absolute atomic E-state index is 9.65. The highest BCUT2D eigenvalue weighted by Gasteiger charge is 2.06. The topological polar surface area (TPSA) is 23.5 Å². The molecule has 0 amide bonds. The number of benzene rings is 1. The summed E-state index contributed by atoms with van der Waals surface area (Å²) < 4.78 is 0. The monoisotopic (exact) mass is 165 g/mol. The van der Waals surface area contributed by atoms with Crippen molar-refractivity contribution in [3.63, 3.8) is 0 Å². The van der Waals surface area contributed by atoms with E-state index in [1.54, 1.807) is 0 Å². The van der Waals surface area contributed by atoms with E-state index in [0.29, 0.717) is 6.54 Å². The minimum Gasteiger partial charge on any atom is -0.387 e. The van der Waals surface area contributed by atoms with Crippen molar-refractivity contribution in [3.05, 3.63) is 35.9 Å². The second-order valence-electron chi connectivity index (χ2n) is 3.19. The van der Waals surface area contributed by atoms with Crippen LogP contribution in [0, 0.1) is 0 Å². The van der Waals surface area contributed by atoms with Crippen LogP contribution in [-0.2, 0) is 0 Å². The third-order valence-electron chi connectivity index (χ3n) is 1.72. The van der Waals surface area contributed by atoms with E-state index in [1.165, 1.54) is 0 Å². The molecule has 0 aliphatic rings. The molecular formula is C10H15NO. The van der Waals surface area contributed by atoms with E-state index < -0.39 is 0 Å². The lowest BCUT2D eigenvalue weighted by atomic mass is 10.1. The summed E-state index contributed by atoms with van der Waals surface area (Å²) in [7, 11) is 3.90. The summed E-state index contributed by atoms with van der Waals surface area (Å²) in [5, 5.41) is 9.65. The molecule has 0 unspecified atom stereocenters. The van der Waals surface area contributed by atoms with Gasteiger partial charge >= 0.3 is 0 Å². The third-order valence-corrected chi connectivity index (χ3v) is 1.72. The fourth-order valence-electron chi connectivity index (χ4n) is 1.13. The number of aliphatic hydroxyl groups excluding tert-OH is 1. The Morgan fingerprint density at radius 2 is 1.83 bits per heavy atom. The van der Waals surface area contributed by atoms with Gasteiger partial charge in [0.1, 0.15) is 0 Å². The Labute approximate surface area is 73.4 Å². The van der Waals surface area contributed by atoms with Gasteiger partial charge in [-0.15, -0.1) is 0 Å². The maximum Gasteiger partial charge on any atom is 0.0916 e. The first-order chi connectivity index (χ1) is 5.70. The van der Waals surface area contributed by atoms with Gasteiger partial charge in [-0.1, -0.05) is 30.3 Å². The predicted molar refractivity (Wildman–Crippen MR) is 50.0 cm³/mol. The zero-order valence-corrected chi connectivity index (χ0v) is 7.57. The molecule has 12 heavy (non-hydrogen) atoms. The average molecular weight is 165 g/mol. The van der Waals surface area contributed by atoms with Crippen molar-refractivity contribution < 1.29 is 5.11 Å². The number of rotatable bonds is 3. The molecule has 1 aromatic carbocycles. The Balaban J connectivity index is 2.59. The number of hydrogen-bond donors (Lipinski definition) is 1. The van der Waals surface area contributed by atoms with Crippen LogP contribution in [0.4, 0.5) is 0 Å². The van der Waals surface area contributed by atoms with Gasteiger partial charge in [0.15, 0.2) is 0 Å². The Morgan fingerprint density at radius 1 is 1.25 bits per heavy atom. The standard InChI is InChI=1S/C10H15NO/c1-11(2)8-10(12)9-6-4-3-5-7-9/h3-7,10,12H,8H2,1-2H3/t10-/m0/s1. The summed E-state index contributed by atoms with van der Waals surface area (Å²) >= 11 is 0. The van der Waals surface area contributed by atoms with Gasteiger partial charge in [-0.25, -0.2) is 0 Å². The lowest BCUT2D eigenvalue weighted by Gasteiger charge is -2.15. The molecule has 0 saturated heterocycles. The summed E-state index contributed by atoms with van der Waals surface area (Å²) in [5.41, 5.74) is 0.978. The Bertz CT molecular complexity index is 221. The minimum atomic E-state index is -0.374. The van der Waals surface area contributed by atoms with Crippen molar-refractivity contribution in [3.8, 4) is 0 Å². The third kappa shape index (κ3) is 2.64. The highest BCUT2D eigenvalue weighted by Crippen LogP contribution is 2.11. The summed E-state index contributed by atoms with van der Waals surface area (Å²) in [4.78, 5) is 1.97. The summed E-state index contributed by atoms with van der Waals surface area (Å²) in [6.45, 7) is 0.671. The van der Waals surface area contributed by atoms with Gasteiger partial charge < -0.3 is 10.0 Å². The van der Waals surface area contributed by atoms with Gasteiger partial charge in [0.2, 0.25) is 0 Å². The Kier molecular flexibility index (Phi) is 3.26. The second kappa shape index (κ2) is 4.24. The molecule has 1 rings (SSSR count). The molecule has 1 N–H and O–H groups in total. The number of likely N-dealkylation sites (N-methyl/N-ethyl adjacent to an activating group) is 1. The first kappa shape index (κ1) is 9.23. The number of hydrogen-bond acceptors (Lipinski definition) is 2. The molecular weight excluding hydrogens is 150 g/mol. The van der Waals surface area contributed by atoms with Gasteiger partial charge in [0, 0.05) is 6.54 Å². The van der Waals surface area contributed by atoms with E-state index in [1.807, 2.05) is 49.3 Å². The highest BCUT2D eigenvalue weighted by molar-refractivity contribution is 5.17. The van der Waals surface area contributed by atoms with Gasteiger partial charge in [0.05, 0.1) is 6.10 Å². The summed E-state index contributed by atoms with van der Waals surface area (Å²) in [6.07, 6.45) is -0.374. The van der Waals surface area contributed by atoms with Crippen LogP contribution < -0.4 is 0 Å². The van der Waals surface area contributed by atoms with Crippen molar-refractivity contribution in [1.82, 2.24) is 4.90 Å². The van der Waals surface area contributed by atoms with Crippen LogP contribution in [0.5, 0.6) is 0 Å². The van der Waals surface area contributed by atoms with Crippen LogP contribution in [0.1, 0.15) is 11.7 Å². The predicted octanol–water partition coefficient (Wildman–Crippen LogP) is 1.28. The molecule has 0 bridgehead atoms. The molecule has 0 fully saturated rings. The number of nitrogens with zero attached hydrogens (tertiary/aromatic N) is 1. The maximum atomic E-state index is 9.65. The molecule has 0 radical (unpaired) electrons. The molecule has 2 heteroatoms. The fourth-order valence-corrected chi connectivity index (χ4v) is 1.13. The highest BCUT2D eigenvalue weighted by atomic mass is 16.3. The molecule has 0 heterocycles. The van der Waals surface area contributed by atoms with Gasteiger partial charge in [-0.2, -0.15) is 0 Å². The van der Waals surface area contributed by atoms with Crippen molar-refractivity contribution in [2.24, 2.45) is 0 Å². The van der Waals surface area contributed by atoms with Gasteiger partial charge in [-0.05, 0) is 19.7 Å². The van der Waals surface area contributed by atoms with E-state index in [2.05, 4.69) is 0 Å². The van der Waals surface area contributed by atoms with Crippen molar-refractivity contribution in [1.29, 1.82) is 0 Å². The molecule has 1 atom stereocenters. The van der Waals surface area contributed by atoms with Crippen molar-refractivity contribution >= 4 is 0 Å². The Hall–Kier alpha value is -0.860. The average Bonchev–Trinajstić information content (AvgIpc) is 2.05. The van der Waals surface area contributed by atoms with Crippen LogP contribution in [0.2, 0.25) is 0 Å². The molecule has 1 aromatic rings. The second-order valence-corrected chi connectivity index (χ2v) is 3.19. The van der Waals surface area contributed by atoms with E-state index in [4.69, 9.17) is 0 Å². The van der Waals surface area contributed by atoms with Crippen LogP contribution in [-0.4, -0.2) is 30.6 Å². The quantitative estimate of drug-likeness (QED) is 0.729. The zero-order valence-electron chi connectivity index (χ0n) is 7.57. The fraction of sp³-hybridized carbons (Fsp3) is 0.400. The largest absolute Gasteiger partial charge is 0.387 e. The first-order valence-electron chi connectivity index (χ1n) is 4.08. The van der Waals surface area contributed by atoms with Crippen LogP contribution in [0.15, 0.2) is 30.3 Å². The van der Waals surface area contributed by atoms with Crippen LogP contribution in [0.25, 0.3) is 0 Å². The smallest absolute Gasteiger partial charge is 0.0916 e. The number of aliphatic hydroxyl groups is 1. The summed E-state index contributed by atoms with van der Waals surface area (Å²) in [6, 6.07) is 9.70. The van der Waals surface area contributed by atoms with Crippen LogP contribution in [0.3, 0.4) is 0 Å². The lowest BCUT2D eigenvalue weighted by molar-refractivity contribution is 0.138. The van der Waals surface area contributed by atoms with Crippen molar-refractivity contribution in [2.45, 2.75) is 6.10 Å². The lowest BCUT2D eigenvalue weighted by Crippen LogP contribution is -2.19. The van der Waals surface area contributed by atoms with E-state index in [0.717, 1.165) is 5.56 Å². The Morgan fingerprint density at radius 3 is 2.33 bits per heavy atom. The van der Waals surface area contributed by atoms with Gasteiger partial charge in [-0.3, -0.25) is 0 Å². The molecule has 0 aliphatic carbocycles. The summed E-state index contributed by atoms with van der Waals surface area (Å²) in [5.74, 6) is 0. The van der Waals surface area contributed by atoms with E-state index in [-0.39, 0.29) is 6.10 Å². The first-order valence-corrected chi connectivity index (χ1v) is 4.08. The molecule has 0 saturated carbocycles. The van der Waals surface area contributed by atoms with Gasteiger partial charge in [0.25, 0.3) is 0 Å². The molecule has 2 nitrogen and oxygen atoms in total. The molecule has 0 aromatic heterocycles. The molecule has 66 valence electrons. The van der Waals surface area contributed by atoms with E-state index >= 15 is 0 Å². The minimum absolute atomic E-state index is 0.374.